The standard InChI is InChI=1S/C23H30N4O/c1-25-14-15-27(22(17-25)18-8-4-2-5-9-18)23(28)20-11-10-19(24)16-21(20)26-12-6-3-7-13-26/h2,4-5,8-11,16,22H,3,6-7,12-15,17,24H2,1H3. The van der Waals surface area contributed by atoms with Crippen LogP contribution < -0.4 is 10.6 Å². The van der Waals surface area contributed by atoms with E-state index in [-0.39, 0.29) is 11.9 Å². The molecule has 5 nitrogen and oxygen atoms in total. The van der Waals surface area contributed by atoms with Crippen LogP contribution in [0.15, 0.2) is 48.5 Å². The number of nitrogens with two attached hydrogens (primary N) is 1. The fourth-order valence-corrected chi connectivity index (χ4v) is 4.40. The van der Waals surface area contributed by atoms with Crippen molar-refractivity contribution in [2.75, 3.05) is 50.4 Å². The number of amides is 1. The minimum absolute atomic E-state index is 0.0687. The number of nitrogen functional groups attached to an aromatic ring is 1. The Morgan fingerprint density at radius 1 is 0.964 bits per heavy atom. The molecule has 0 aliphatic carbocycles. The molecule has 2 aliphatic heterocycles. The molecule has 28 heavy (non-hydrogen) atoms. The third-order valence-corrected chi connectivity index (χ3v) is 5.98. The van der Waals surface area contributed by atoms with E-state index in [1.54, 1.807) is 0 Å². The van der Waals surface area contributed by atoms with Gasteiger partial charge in [0.05, 0.1) is 17.3 Å². The second-order valence-electron chi connectivity index (χ2n) is 8.01. The van der Waals surface area contributed by atoms with Crippen molar-refractivity contribution in [2.24, 2.45) is 0 Å². The molecule has 2 N–H and O–H groups in total. The summed E-state index contributed by atoms with van der Waals surface area (Å²) in [5.41, 5.74) is 9.78. The largest absolute Gasteiger partial charge is 0.399 e. The maximum absolute atomic E-state index is 13.7. The molecule has 2 fully saturated rings. The van der Waals surface area contributed by atoms with Crippen LogP contribution in [0.3, 0.4) is 0 Å². The number of carbonyl (C=O) groups excluding carboxylic acids is 1. The zero-order valence-corrected chi connectivity index (χ0v) is 16.7. The molecule has 0 radical (unpaired) electrons. The Balaban J connectivity index is 1.67. The van der Waals surface area contributed by atoms with Gasteiger partial charge in [-0.15, -0.1) is 0 Å². The number of piperidine rings is 1. The lowest BCUT2D eigenvalue weighted by atomic mass is 10.00. The highest BCUT2D eigenvalue weighted by molar-refractivity contribution is 6.00. The van der Waals surface area contributed by atoms with Gasteiger partial charge in [-0.1, -0.05) is 30.3 Å². The summed E-state index contributed by atoms with van der Waals surface area (Å²) in [6.45, 7) is 4.47. The van der Waals surface area contributed by atoms with Crippen molar-refractivity contribution < 1.29 is 4.79 Å². The van der Waals surface area contributed by atoms with Gasteiger partial charge in [0.25, 0.3) is 5.91 Å². The molecule has 0 bridgehead atoms. The molecule has 1 amide bonds. The molecule has 4 rings (SSSR count). The van der Waals surface area contributed by atoms with Gasteiger partial charge in [0.15, 0.2) is 0 Å². The topological polar surface area (TPSA) is 52.8 Å². The molecule has 148 valence electrons. The average molecular weight is 379 g/mol. The number of rotatable bonds is 3. The third kappa shape index (κ3) is 3.85. The van der Waals surface area contributed by atoms with E-state index < -0.39 is 0 Å². The van der Waals surface area contributed by atoms with Crippen molar-refractivity contribution in [3.63, 3.8) is 0 Å². The van der Waals surface area contributed by atoms with Crippen molar-refractivity contribution in [2.45, 2.75) is 25.3 Å². The van der Waals surface area contributed by atoms with Gasteiger partial charge in [-0.05, 0) is 50.1 Å². The summed E-state index contributed by atoms with van der Waals surface area (Å²) in [5.74, 6) is 0.113. The summed E-state index contributed by atoms with van der Waals surface area (Å²) in [7, 11) is 2.13. The zero-order chi connectivity index (χ0) is 19.5. The highest BCUT2D eigenvalue weighted by Gasteiger charge is 2.32. The van der Waals surface area contributed by atoms with E-state index in [1.165, 1.54) is 24.8 Å². The van der Waals surface area contributed by atoms with Crippen molar-refractivity contribution in [1.82, 2.24) is 9.80 Å². The van der Waals surface area contributed by atoms with Crippen LogP contribution >= 0.6 is 0 Å². The first kappa shape index (κ1) is 18.8. The van der Waals surface area contributed by atoms with Gasteiger partial charge >= 0.3 is 0 Å². The lowest BCUT2D eigenvalue weighted by Gasteiger charge is -2.41. The Kier molecular flexibility index (Phi) is 5.53. The van der Waals surface area contributed by atoms with Crippen LogP contribution in [0.2, 0.25) is 0 Å². The van der Waals surface area contributed by atoms with Crippen molar-refractivity contribution in [1.29, 1.82) is 0 Å². The molecule has 2 aromatic rings. The minimum Gasteiger partial charge on any atom is -0.399 e. The predicted molar refractivity (Wildman–Crippen MR) is 115 cm³/mol. The van der Waals surface area contributed by atoms with E-state index in [9.17, 15) is 4.79 Å². The summed E-state index contributed by atoms with van der Waals surface area (Å²) in [4.78, 5) is 20.4. The number of benzene rings is 2. The van der Waals surface area contributed by atoms with Crippen molar-refractivity contribution in [3.05, 3.63) is 59.7 Å². The second-order valence-corrected chi connectivity index (χ2v) is 8.01. The zero-order valence-electron chi connectivity index (χ0n) is 16.7. The van der Waals surface area contributed by atoms with E-state index in [0.717, 1.165) is 49.7 Å². The van der Waals surface area contributed by atoms with E-state index in [2.05, 4.69) is 41.1 Å². The predicted octanol–water partition coefficient (Wildman–Crippen LogP) is 3.39. The molecular formula is C23H30N4O. The number of piperazine rings is 1. The first-order chi connectivity index (χ1) is 13.6. The third-order valence-electron chi connectivity index (χ3n) is 5.98. The second kappa shape index (κ2) is 8.23. The SMILES string of the molecule is CN1CCN(C(=O)c2ccc(N)cc2N2CCCCC2)C(c2ccccc2)C1. The van der Waals surface area contributed by atoms with Gasteiger partial charge < -0.3 is 20.4 Å². The summed E-state index contributed by atoms with van der Waals surface area (Å²) < 4.78 is 0. The Hall–Kier alpha value is -2.53. The van der Waals surface area contributed by atoms with E-state index in [1.807, 2.05) is 29.2 Å². The normalized spacial score (nSPS) is 21.0. The van der Waals surface area contributed by atoms with Crippen LogP contribution in [0.5, 0.6) is 0 Å². The summed E-state index contributed by atoms with van der Waals surface area (Å²) in [6.07, 6.45) is 3.60. The molecule has 0 spiro atoms. The summed E-state index contributed by atoms with van der Waals surface area (Å²) in [5, 5.41) is 0. The van der Waals surface area contributed by atoms with Crippen LogP contribution in [0.25, 0.3) is 0 Å². The molecule has 2 aromatic carbocycles. The molecule has 2 heterocycles. The smallest absolute Gasteiger partial charge is 0.256 e. The van der Waals surface area contributed by atoms with Gasteiger partial charge in [0, 0.05) is 38.4 Å². The number of anilines is 2. The molecule has 1 atom stereocenters. The number of hydrogen-bond acceptors (Lipinski definition) is 4. The van der Waals surface area contributed by atoms with Crippen molar-refractivity contribution >= 4 is 17.3 Å². The first-order valence-corrected chi connectivity index (χ1v) is 10.3. The lowest BCUT2D eigenvalue weighted by Crippen LogP contribution is -2.49. The molecule has 0 aromatic heterocycles. The van der Waals surface area contributed by atoms with Crippen LogP contribution in [-0.4, -0.2) is 55.5 Å². The van der Waals surface area contributed by atoms with Crippen LogP contribution in [0.1, 0.15) is 41.2 Å². The van der Waals surface area contributed by atoms with E-state index >= 15 is 0 Å². The number of nitrogens with zero attached hydrogens (tertiary/aromatic N) is 3. The lowest BCUT2D eigenvalue weighted by molar-refractivity contribution is 0.0498. The minimum atomic E-state index is 0.0687. The highest BCUT2D eigenvalue weighted by Crippen LogP contribution is 2.32. The number of carbonyl (C=O) groups is 1. The van der Waals surface area contributed by atoms with Gasteiger partial charge in [-0.25, -0.2) is 0 Å². The van der Waals surface area contributed by atoms with E-state index in [4.69, 9.17) is 5.73 Å². The monoisotopic (exact) mass is 378 g/mol. The maximum atomic E-state index is 13.7. The Labute approximate surface area is 167 Å². The van der Waals surface area contributed by atoms with Gasteiger partial charge in [0.1, 0.15) is 0 Å². The Morgan fingerprint density at radius 2 is 1.71 bits per heavy atom. The Morgan fingerprint density at radius 3 is 2.46 bits per heavy atom. The first-order valence-electron chi connectivity index (χ1n) is 10.3. The molecule has 2 aliphatic rings. The molecule has 1 unspecified atom stereocenters. The fraction of sp³-hybridized carbons (Fsp3) is 0.435. The van der Waals surface area contributed by atoms with Crippen LogP contribution in [-0.2, 0) is 0 Å². The van der Waals surface area contributed by atoms with Crippen LogP contribution in [0.4, 0.5) is 11.4 Å². The van der Waals surface area contributed by atoms with Gasteiger partial charge in [-0.3, -0.25) is 4.79 Å². The van der Waals surface area contributed by atoms with E-state index in [0.29, 0.717) is 0 Å². The molecule has 0 saturated carbocycles. The maximum Gasteiger partial charge on any atom is 0.256 e. The average Bonchev–Trinajstić information content (AvgIpc) is 2.74. The van der Waals surface area contributed by atoms with Gasteiger partial charge in [-0.2, -0.15) is 0 Å². The van der Waals surface area contributed by atoms with Crippen molar-refractivity contribution in [3.8, 4) is 0 Å². The van der Waals surface area contributed by atoms with Gasteiger partial charge in [0.2, 0.25) is 0 Å². The quantitative estimate of drug-likeness (QED) is 0.832. The Bertz CT molecular complexity index is 817. The number of likely N-dealkylation sites (N-methyl/N-ethyl adjacent to an activating group) is 1. The molecule has 2 saturated heterocycles. The molecular weight excluding hydrogens is 348 g/mol. The highest BCUT2D eigenvalue weighted by atomic mass is 16.2. The van der Waals surface area contributed by atoms with Crippen LogP contribution in [0, 0.1) is 0 Å². The summed E-state index contributed by atoms with van der Waals surface area (Å²) >= 11 is 0. The molecule has 5 heteroatoms. The number of hydrogen-bond donors (Lipinski definition) is 1. The summed E-state index contributed by atoms with van der Waals surface area (Å²) in [6, 6.07) is 16.2. The fourth-order valence-electron chi connectivity index (χ4n) is 4.40.